The first-order chi connectivity index (χ1) is 7.25. The van der Waals surface area contributed by atoms with Gasteiger partial charge in [-0.25, -0.2) is 0 Å². The SMILES string of the molecule is OC1CCCn2c1cc1ccc(Cl)cc12. The van der Waals surface area contributed by atoms with Crippen LogP contribution in [0.15, 0.2) is 24.3 Å². The summed E-state index contributed by atoms with van der Waals surface area (Å²) >= 11 is 5.98. The van der Waals surface area contributed by atoms with Crippen molar-refractivity contribution in [2.75, 3.05) is 0 Å². The maximum absolute atomic E-state index is 9.88. The molecule has 1 N–H and O–H groups in total. The fraction of sp³-hybridized carbons (Fsp3) is 0.333. The van der Waals surface area contributed by atoms with Crippen molar-refractivity contribution in [3.63, 3.8) is 0 Å². The fourth-order valence-corrected chi connectivity index (χ4v) is 2.53. The van der Waals surface area contributed by atoms with Gasteiger partial charge in [-0.2, -0.15) is 0 Å². The second-order valence-corrected chi connectivity index (χ2v) is 4.52. The number of hydrogen-bond donors (Lipinski definition) is 1. The van der Waals surface area contributed by atoms with Crippen LogP contribution in [0.25, 0.3) is 10.9 Å². The Morgan fingerprint density at radius 3 is 3.07 bits per heavy atom. The Labute approximate surface area is 93.1 Å². The molecule has 0 saturated carbocycles. The molecule has 2 heterocycles. The molecule has 2 aromatic rings. The van der Waals surface area contributed by atoms with Gasteiger partial charge in [-0.05, 0) is 31.0 Å². The first-order valence-corrected chi connectivity index (χ1v) is 5.60. The van der Waals surface area contributed by atoms with Gasteiger partial charge in [0, 0.05) is 28.2 Å². The van der Waals surface area contributed by atoms with Gasteiger partial charge in [0.1, 0.15) is 0 Å². The largest absolute Gasteiger partial charge is 0.387 e. The Hall–Kier alpha value is -0.990. The lowest BCUT2D eigenvalue weighted by Gasteiger charge is -2.21. The molecule has 0 aliphatic carbocycles. The highest BCUT2D eigenvalue weighted by molar-refractivity contribution is 6.31. The maximum Gasteiger partial charge on any atom is 0.0940 e. The van der Waals surface area contributed by atoms with Gasteiger partial charge in [-0.15, -0.1) is 0 Å². The van der Waals surface area contributed by atoms with E-state index in [4.69, 9.17) is 11.6 Å². The van der Waals surface area contributed by atoms with Crippen molar-refractivity contribution in [3.8, 4) is 0 Å². The molecule has 1 unspecified atom stereocenters. The van der Waals surface area contributed by atoms with Crippen molar-refractivity contribution in [1.82, 2.24) is 4.57 Å². The molecule has 3 heteroatoms. The molecule has 1 aromatic carbocycles. The normalized spacial score (nSPS) is 20.5. The molecule has 2 nitrogen and oxygen atoms in total. The van der Waals surface area contributed by atoms with Gasteiger partial charge in [0.15, 0.2) is 0 Å². The van der Waals surface area contributed by atoms with Crippen molar-refractivity contribution in [2.24, 2.45) is 0 Å². The molecule has 0 bridgehead atoms. The molecule has 78 valence electrons. The molecule has 1 aliphatic heterocycles. The minimum atomic E-state index is -0.315. The third kappa shape index (κ3) is 1.36. The van der Waals surface area contributed by atoms with Crippen molar-refractivity contribution < 1.29 is 5.11 Å². The second kappa shape index (κ2) is 3.26. The first kappa shape index (κ1) is 9.25. The number of rotatable bonds is 0. The summed E-state index contributed by atoms with van der Waals surface area (Å²) in [7, 11) is 0. The Morgan fingerprint density at radius 2 is 2.20 bits per heavy atom. The van der Waals surface area contributed by atoms with Crippen LogP contribution in [0.1, 0.15) is 24.6 Å². The number of fused-ring (bicyclic) bond motifs is 3. The van der Waals surface area contributed by atoms with Crippen LogP contribution >= 0.6 is 11.6 Å². The van der Waals surface area contributed by atoms with Crippen LogP contribution in [0.3, 0.4) is 0 Å². The fourth-order valence-electron chi connectivity index (χ4n) is 2.37. The minimum Gasteiger partial charge on any atom is -0.387 e. The molecule has 3 rings (SSSR count). The monoisotopic (exact) mass is 221 g/mol. The van der Waals surface area contributed by atoms with E-state index >= 15 is 0 Å². The maximum atomic E-state index is 9.88. The summed E-state index contributed by atoms with van der Waals surface area (Å²) in [6.45, 7) is 0.982. The number of benzene rings is 1. The van der Waals surface area contributed by atoms with Gasteiger partial charge in [0.2, 0.25) is 0 Å². The summed E-state index contributed by atoms with van der Waals surface area (Å²) in [5, 5.41) is 11.8. The molecular weight excluding hydrogens is 210 g/mol. The minimum absolute atomic E-state index is 0.315. The average molecular weight is 222 g/mol. The van der Waals surface area contributed by atoms with E-state index in [1.165, 1.54) is 0 Å². The molecule has 0 fully saturated rings. The highest BCUT2D eigenvalue weighted by atomic mass is 35.5. The van der Waals surface area contributed by atoms with Gasteiger partial charge in [-0.1, -0.05) is 17.7 Å². The number of hydrogen-bond acceptors (Lipinski definition) is 1. The molecule has 1 aliphatic rings. The zero-order chi connectivity index (χ0) is 10.4. The van der Waals surface area contributed by atoms with Crippen LogP contribution < -0.4 is 0 Å². The Morgan fingerprint density at radius 1 is 1.33 bits per heavy atom. The van der Waals surface area contributed by atoms with E-state index in [2.05, 4.69) is 10.6 Å². The first-order valence-electron chi connectivity index (χ1n) is 5.22. The van der Waals surface area contributed by atoms with E-state index in [1.54, 1.807) is 0 Å². The van der Waals surface area contributed by atoms with Crippen LogP contribution in [0.5, 0.6) is 0 Å². The van der Waals surface area contributed by atoms with E-state index < -0.39 is 0 Å². The quantitative estimate of drug-likeness (QED) is 0.727. The summed E-state index contributed by atoms with van der Waals surface area (Å²) in [5.41, 5.74) is 2.16. The van der Waals surface area contributed by atoms with Crippen molar-refractivity contribution in [2.45, 2.75) is 25.5 Å². The Bertz CT molecular complexity index is 518. The van der Waals surface area contributed by atoms with Crippen LogP contribution in [-0.2, 0) is 6.54 Å². The Balaban J connectivity index is 2.31. The van der Waals surface area contributed by atoms with E-state index in [0.29, 0.717) is 0 Å². The van der Waals surface area contributed by atoms with Crippen molar-refractivity contribution in [3.05, 3.63) is 35.0 Å². The average Bonchev–Trinajstić information content (AvgIpc) is 2.58. The van der Waals surface area contributed by atoms with Crippen molar-refractivity contribution in [1.29, 1.82) is 0 Å². The lowest BCUT2D eigenvalue weighted by atomic mass is 10.1. The standard InChI is InChI=1S/C12H12ClNO/c13-9-4-3-8-6-11-12(15)2-1-5-14(11)10(8)7-9/h3-4,6-7,12,15H,1-2,5H2. The smallest absolute Gasteiger partial charge is 0.0940 e. The summed E-state index contributed by atoms with van der Waals surface area (Å²) in [5.74, 6) is 0. The third-order valence-electron chi connectivity index (χ3n) is 3.10. The van der Waals surface area contributed by atoms with Crippen LogP contribution in [0.2, 0.25) is 5.02 Å². The van der Waals surface area contributed by atoms with Gasteiger partial charge >= 0.3 is 0 Å². The second-order valence-electron chi connectivity index (χ2n) is 4.08. The van der Waals surface area contributed by atoms with Gasteiger partial charge in [0.05, 0.1) is 6.10 Å². The predicted octanol–water partition coefficient (Wildman–Crippen LogP) is 3.12. The zero-order valence-corrected chi connectivity index (χ0v) is 9.04. The summed E-state index contributed by atoms with van der Waals surface area (Å²) in [6.07, 6.45) is 1.58. The van der Waals surface area contributed by atoms with Gasteiger partial charge in [-0.3, -0.25) is 0 Å². The summed E-state index contributed by atoms with van der Waals surface area (Å²) in [6, 6.07) is 7.94. The van der Waals surface area contributed by atoms with Crippen molar-refractivity contribution >= 4 is 22.5 Å². The third-order valence-corrected chi connectivity index (χ3v) is 3.33. The molecule has 0 amide bonds. The Kier molecular flexibility index (Phi) is 2.01. The summed E-state index contributed by atoms with van der Waals surface area (Å²) < 4.78 is 2.18. The number of aliphatic hydroxyl groups is 1. The van der Waals surface area contributed by atoms with Crippen LogP contribution in [-0.4, -0.2) is 9.67 Å². The molecular formula is C12H12ClNO. The predicted molar refractivity (Wildman–Crippen MR) is 61.1 cm³/mol. The van der Waals surface area contributed by atoms with Gasteiger partial charge < -0.3 is 9.67 Å². The molecule has 1 atom stereocenters. The van der Waals surface area contributed by atoms with Crippen LogP contribution in [0.4, 0.5) is 0 Å². The molecule has 0 spiro atoms. The highest BCUT2D eigenvalue weighted by Gasteiger charge is 2.20. The molecule has 0 saturated heterocycles. The number of halogens is 1. The zero-order valence-electron chi connectivity index (χ0n) is 8.28. The van der Waals surface area contributed by atoms with E-state index in [1.807, 2.05) is 18.2 Å². The molecule has 1 aromatic heterocycles. The lowest BCUT2D eigenvalue weighted by Crippen LogP contribution is -2.14. The molecule has 15 heavy (non-hydrogen) atoms. The molecule has 0 radical (unpaired) electrons. The number of aryl methyl sites for hydroxylation is 1. The number of nitrogens with zero attached hydrogens (tertiary/aromatic N) is 1. The highest BCUT2D eigenvalue weighted by Crippen LogP contribution is 2.32. The number of aliphatic hydroxyl groups excluding tert-OH is 1. The van der Waals surface area contributed by atoms with Gasteiger partial charge in [0.25, 0.3) is 0 Å². The number of aromatic nitrogens is 1. The lowest BCUT2D eigenvalue weighted by molar-refractivity contribution is 0.140. The van der Waals surface area contributed by atoms with E-state index in [0.717, 1.165) is 41.0 Å². The van der Waals surface area contributed by atoms with Crippen LogP contribution in [0, 0.1) is 0 Å². The topological polar surface area (TPSA) is 25.2 Å². The van der Waals surface area contributed by atoms with E-state index in [9.17, 15) is 5.11 Å². The van der Waals surface area contributed by atoms with E-state index in [-0.39, 0.29) is 6.10 Å². The summed E-state index contributed by atoms with van der Waals surface area (Å²) in [4.78, 5) is 0.